The number of thioether (sulfide) groups is 1. The van der Waals surface area contributed by atoms with Crippen LogP contribution in [0.2, 0.25) is 0 Å². The molecule has 2 rings (SSSR count). The third-order valence-electron chi connectivity index (χ3n) is 3.06. The molecule has 0 aliphatic carbocycles. The van der Waals surface area contributed by atoms with E-state index < -0.39 is 10.0 Å². The average molecular weight is 286 g/mol. The molecule has 0 aromatic heterocycles. The van der Waals surface area contributed by atoms with Gasteiger partial charge in [-0.25, -0.2) is 8.42 Å². The minimum Gasteiger partial charge on any atom is -0.388 e. The maximum Gasteiger partial charge on any atom is 0.243 e. The van der Waals surface area contributed by atoms with Gasteiger partial charge in [-0.1, -0.05) is 0 Å². The Labute approximate surface area is 113 Å². The first-order valence-electron chi connectivity index (χ1n) is 5.93. The van der Waals surface area contributed by atoms with E-state index >= 15 is 0 Å². The highest BCUT2D eigenvalue weighted by Crippen LogP contribution is 2.25. The molecule has 0 saturated carbocycles. The van der Waals surface area contributed by atoms with E-state index in [2.05, 4.69) is 5.32 Å². The van der Waals surface area contributed by atoms with Crippen LogP contribution in [0, 0.1) is 0 Å². The Balaban J connectivity index is 2.28. The van der Waals surface area contributed by atoms with E-state index in [0.29, 0.717) is 11.4 Å². The van der Waals surface area contributed by atoms with Gasteiger partial charge in [0.1, 0.15) is 0 Å². The smallest absolute Gasteiger partial charge is 0.243 e. The zero-order valence-electron chi connectivity index (χ0n) is 10.6. The zero-order valence-corrected chi connectivity index (χ0v) is 12.2. The second kappa shape index (κ2) is 5.50. The van der Waals surface area contributed by atoms with Gasteiger partial charge in [-0.2, -0.15) is 16.1 Å². The molecule has 6 heteroatoms. The van der Waals surface area contributed by atoms with Crippen molar-refractivity contribution in [1.82, 2.24) is 4.31 Å². The lowest BCUT2D eigenvalue weighted by Crippen LogP contribution is -2.44. The molecule has 1 unspecified atom stereocenters. The predicted molar refractivity (Wildman–Crippen MR) is 76.7 cm³/mol. The van der Waals surface area contributed by atoms with Crippen molar-refractivity contribution in [3.63, 3.8) is 0 Å². The molecule has 1 aliphatic heterocycles. The quantitative estimate of drug-likeness (QED) is 0.921. The normalized spacial score (nSPS) is 21.8. The summed E-state index contributed by atoms with van der Waals surface area (Å²) in [7, 11) is -1.53. The fourth-order valence-corrected chi connectivity index (χ4v) is 4.85. The van der Waals surface area contributed by atoms with Crippen molar-refractivity contribution in [3.05, 3.63) is 24.3 Å². The molecule has 1 saturated heterocycles. The van der Waals surface area contributed by atoms with Gasteiger partial charge in [0.25, 0.3) is 0 Å². The van der Waals surface area contributed by atoms with E-state index in [9.17, 15) is 8.42 Å². The third-order valence-corrected chi connectivity index (χ3v) is 6.27. The molecule has 1 aliphatic rings. The summed E-state index contributed by atoms with van der Waals surface area (Å²) in [5, 5.41) is 2.98. The van der Waals surface area contributed by atoms with Crippen molar-refractivity contribution in [3.8, 4) is 0 Å². The third kappa shape index (κ3) is 2.65. The van der Waals surface area contributed by atoms with Crippen LogP contribution in [0.1, 0.15) is 6.92 Å². The summed E-state index contributed by atoms with van der Waals surface area (Å²) in [4.78, 5) is 0.375. The summed E-state index contributed by atoms with van der Waals surface area (Å²) in [6, 6.07) is 6.97. The number of nitrogens with one attached hydrogen (secondary N) is 1. The van der Waals surface area contributed by atoms with Gasteiger partial charge in [0, 0.05) is 36.8 Å². The molecule has 1 aromatic rings. The van der Waals surface area contributed by atoms with Crippen LogP contribution in [0.25, 0.3) is 0 Å². The van der Waals surface area contributed by atoms with E-state index in [1.165, 1.54) is 0 Å². The molecule has 1 atom stereocenters. The van der Waals surface area contributed by atoms with Gasteiger partial charge in [-0.3, -0.25) is 0 Å². The molecular weight excluding hydrogens is 268 g/mol. The first-order valence-corrected chi connectivity index (χ1v) is 8.52. The van der Waals surface area contributed by atoms with Crippen LogP contribution in [0.5, 0.6) is 0 Å². The van der Waals surface area contributed by atoms with E-state index in [-0.39, 0.29) is 6.04 Å². The highest BCUT2D eigenvalue weighted by atomic mass is 32.2. The molecule has 0 bridgehead atoms. The highest BCUT2D eigenvalue weighted by Gasteiger charge is 2.30. The molecular formula is C12H18N2O2S2. The van der Waals surface area contributed by atoms with Gasteiger partial charge in [-0.05, 0) is 31.2 Å². The molecule has 1 fully saturated rings. The van der Waals surface area contributed by atoms with Crippen molar-refractivity contribution in [1.29, 1.82) is 0 Å². The van der Waals surface area contributed by atoms with Gasteiger partial charge in [0.05, 0.1) is 4.90 Å². The topological polar surface area (TPSA) is 49.4 Å². The second-order valence-corrected chi connectivity index (χ2v) is 7.35. The lowest BCUT2D eigenvalue weighted by Gasteiger charge is -2.31. The fourth-order valence-electron chi connectivity index (χ4n) is 2.00. The number of hydrogen-bond donors (Lipinski definition) is 1. The molecule has 0 spiro atoms. The molecule has 0 radical (unpaired) electrons. The summed E-state index contributed by atoms with van der Waals surface area (Å²) >= 11 is 1.81. The summed E-state index contributed by atoms with van der Waals surface area (Å²) in [6.45, 7) is 2.56. The van der Waals surface area contributed by atoms with Crippen molar-refractivity contribution in [2.45, 2.75) is 17.9 Å². The molecule has 100 valence electrons. The highest BCUT2D eigenvalue weighted by molar-refractivity contribution is 7.99. The van der Waals surface area contributed by atoms with E-state index in [0.717, 1.165) is 17.2 Å². The summed E-state index contributed by atoms with van der Waals surface area (Å²) < 4.78 is 26.6. The van der Waals surface area contributed by atoms with Crippen LogP contribution in [0.3, 0.4) is 0 Å². The number of anilines is 1. The van der Waals surface area contributed by atoms with E-state index in [1.54, 1.807) is 28.6 Å². The number of rotatable bonds is 3. The SMILES string of the molecule is CNc1ccc(S(=O)(=O)N2CCSCC2C)cc1. The average Bonchev–Trinajstić information content (AvgIpc) is 2.39. The van der Waals surface area contributed by atoms with Crippen LogP contribution < -0.4 is 5.32 Å². The predicted octanol–water partition coefficient (Wildman–Crippen LogP) is 1.85. The van der Waals surface area contributed by atoms with Crippen LogP contribution in [0.4, 0.5) is 5.69 Å². The van der Waals surface area contributed by atoms with Gasteiger partial charge >= 0.3 is 0 Å². The Hall–Kier alpha value is -0.720. The second-order valence-electron chi connectivity index (χ2n) is 4.31. The monoisotopic (exact) mass is 286 g/mol. The Morgan fingerprint density at radius 3 is 2.56 bits per heavy atom. The Kier molecular flexibility index (Phi) is 4.19. The maximum absolute atomic E-state index is 12.5. The molecule has 0 amide bonds. The largest absolute Gasteiger partial charge is 0.388 e. The van der Waals surface area contributed by atoms with Crippen LogP contribution >= 0.6 is 11.8 Å². The molecule has 1 N–H and O–H groups in total. The van der Waals surface area contributed by atoms with E-state index in [1.807, 2.05) is 25.7 Å². The molecule has 18 heavy (non-hydrogen) atoms. The minimum atomic E-state index is -3.34. The molecule has 1 heterocycles. The van der Waals surface area contributed by atoms with Crippen molar-refractivity contribution >= 4 is 27.5 Å². The van der Waals surface area contributed by atoms with E-state index in [4.69, 9.17) is 0 Å². The maximum atomic E-state index is 12.5. The minimum absolute atomic E-state index is 0.0673. The lowest BCUT2D eigenvalue weighted by atomic mass is 10.3. The number of benzene rings is 1. The van der Waals surface area contributed by atoms with Gasteiger partial charge in [-0.15, -0.1) is 0 Å². The lowest BCUT2D eigenvalue weighted by molar-refractivity contribution is 0.367. The zero-order chi connectivity index (χ0) is 13.2. The number of hydrogen-bond acceptors (Lipinski definition) is 4. The number of sulfonamides is 1. The van der Waals surface area contributed by atoms with Crippen LogP contribution in [-0.4, -0.2) is 43.9 Å². The molecule has 1 aromatic carbocycles. The first kappa shape index (κ1) is 13.7. The number of nitrogens with zero attached hydrogens (tertiary/aromatic N) is 1. The van der Waals surface area contributed by atoms with Crippen molar-refractivity contribution < 1.29 is 8.42 Å². The van der Waals surface area contributed by atoms with Crippen molar-refractivity contribution in [2.24, 2.45) is 0 Å². The molecule has 4 nitrogen and oxygen atoms in total. The Morgan fingerprint density at radius 1 is 1.33 bits per heavy atom. The summed E-state index contributed by atoms with van der Waals surface area (Å²) in [5.41, 5.74) is 0.913. The van der Waals surface area contributed by atoms with Gasteiger partial charge < -0.3 is 5.32 Å². The van der Waals surface area contributed by atoms with Crippen LogP contribution in [-0.2, 0) is 10.0 Å². The van der Waals surface area contributed by atoms with Gasteiger partial charge in [0.2, 0.25) is 10.0 Å². The Morgan fingerprint density at radius 2 is 2.00 bits per heavy atom. The summed E-state index contributed by atoms with van der Waals surface area (Å²) in [5.74, 6) is 1.74. The van der Waals surface area contributed by atoms with Crippen LogP contribution in [0.15, 0.2) is 29.2 Å². The standard InChI is InChI=1S/C12H18N2O2S2/c1-10-9-17-8-7-14(10)18(15,16)12-5-3-11(13-2)4-6-12/h3-6,10,13H,7-9H2,1-2H3. The Bertz CT molecular complexity index is 499. The first-order chi connectivity index (χ1) is 8.55. The van der Waals surface area contributed by atoms with Gasteiger partial charge in [0.15, 0.2) is 0 Å². The van der Waals surface area contributed by atoms with Crippen molar-refractivity contribution in [2.75, 3.05) is 30.4 Å². The fraction of sp³-hybridized carbons (Fsp3) is 0.500. The summed E-state index contributed by atoms with van der Waals surface area (Å²) in [6.07, 6.45) is 0.